The van der Waals surface area contributed by atoms with Crippen molar-refractivity contribution in [3.05, 3.63) is 95.5 Å². The number of nitrogens with zero attached hydrogens (tertiary/aromatic N) is 3. The molecule has 2 N–H and O–H groups in total. The number of carbonyl (C=O) groups is 3. The smallest absolute Gasteiger partial charge is 0.318 e. The number of para-hydroxylation sites is 1. The molecular weight excluding hydrogens is 450 g/mol. The van der Waals surface area contributed by atoms with E-state index in [2.05, 4.69) is 15.8 Å². The van der Waals surface area contributed by atoms with Gasteiger partial charge in [-0.25, -0.2) is 9.48 Å². The van der Waals surface area contributed by atoms with Gasteiger partial charge in [0.15, 0.2) is 0 Å². The van der Waals surface area contributed by atoms with Gasteiger partial charge >= 0.3 is 6.03 Å². The Labute approximate surface area is 199 Å². The van der Waals surface area contributed by atoms with Gasteiger partial charge in [0, 0.05) is 0 Å². The number of hydrogen-bond acceptors (Lipinski definition) is 5. The Hall–Kier alpha value is -4.24. The number of rotatable bonds is 6. The lowest BCUT2D eigenvalue weighted by molar-refractivity contribution is -0.133. The van der Waals surface area contributed by atoms with Crippen molar-refractivity contribution >= 4 is 29.2 Å². The van der Waals surface area contributed by atoms with Crippen molar-refractivity contribution in [1.29, 1.82) is 0 Å². The van der Waals surface area contributed by atoms with E-state index in [9.17, 15) is 14.4 Å². The fraction of sp³-hybridized carbons (Fsp3) is 0.120. The zero-order chi connectivity index (χ0) is 23.7. The van der Waals surface area contributed by atoms with E-state index in [1.54, 1.807) is 30.3 Å². The monoisotopic (exact) mass is 471 g/mol. The molecule has 1 aliphatic heterocycles. The second-order valence-electron chi connectivity index (χ2n) is 7.78. The van der Waals surface area contributed by atoms with Crippen LogP contribution in [0.2, 0.25) is 0 Å². The maximum Gasteiger partial charge on any atom is 0.344 e. The van der Waals surface area contributed by atoms with E-state index in [0.29, 0.717) is 23.4 Å². The molecule has 0 bridgehead atoms. The highest BCUT2D eigenvalue weighted by Gasteiger charge is 2.52. The Morgan fingerprint density at radius 2 is 1.74 bits per heavy atom. The quantitative estimate of drug-likeness (QED) is 0.414. The molecule has 5 rings (SSSR count). The molecular formula is C25H21N5O3S. The Morgan fingerprint density at radius 1 is 1.03 bits per heavy atom. The van der Waals surface area contributed by atoms with E-state index in [-0.39, 0.29) is 5.69 Å². The minimum Gasteiger partial charge on any atom is -0.318 e. The summed E-state index contributed by atoms with van der Waals surface area (Å²) in [5.41, 5.74) is 3.41. The highest BCUT2D eigenvalue weighted by atomic mass is 32.1. The van der Waals surface area contributed by atoms with E-state index < -0.39 is 23.4 Å². The molecule has 0 aliphatic carbocycles. The molecule has 1 atom stereocenters. The summed E-state index contributed by atoms with van der Waals surface area (Å²) < 4.78 is 1.51. The summed E-state index contributed by atoms with van der Waals surface area (Å²) in [5.74, 6) is -1.16. The Morgan fingerprint density at radius 3 is 2.38 bits per heavy atom. The van der Waals surface area contributed by atoms with Crippen LogP contribution in [0.4, 0.5) is 4.79 Å². The van der Waals surface area contributed by atoms with Crippen LogP contribution in [0.1, 0.15) is 29.4 Å². The number of thiophene rings is 1. The molecule has 8 nitrogen and oxygen atoms in total. The summed E-state index contributed by atoms with van der Waals surface area (Å²) in [6.45, 7) is 1.81. The van der Waals surface area contributed by atoms with Crippen LogP contribution in [0.3, 0.4) is 0 Å². The summed E-state index contributed by atoms with van der Waals surface area (Å²) in [5, 5.41) is 10.1. The third-order valence-electron chi connectivity index (χ3n) is 5.82. The van der Waals surface area contributed by atoms with Crippen LogP contribution in [0.25, 0.3) is 16.3 Å². The van der Waals surface area contributed by atoms with Crippen molar-refractivity contribution in [2.45, 2.75) is 18.9 Å². The largest absolute Gasteiger partial charge is 0.344 e. The minimum atomic E-state index is -1.24. The van der Waals surface area contributed by atoms with Crippen molar-refractivity contribution in [1.82, 2.24) is 25.5 Å². The number of hydrazine groups is 1. The Balaban J connectivity index is 1.49. The maximum absolute atomic E-state index is 13.4. The van der Waals surface area contributed by atoms with Crippen molar-refractivity contribution in [3.63, 3.8) is 0 Å². The molecule has 170 valence electrons. The van der Waals surface area contributed by atoms with Crippen LogP contribution in [-0.4, -0.2) is 32.6 Å². The van der Waals surface area contributed by atoms with E-state index in [0.717, 1.165) is 9.89 Å². The Kier molecular flexibility index (Phi) is 5.46. The van der Waals surface area contributed by atoms with Gasteiger partial charge in [0.25, 0.3) is 11.8 Å². The highest BCUT2D eigenvalue weighted by Crippen LogP contribution is 2.32. The number of nitrogens with one attached hydrogen (secondary N) is 2. The standard InChI is InChI=1S/C25H21N5O3S/c1-2-25(17-10-5-3-6-11-17)23(32)30(24(33)26-25)28-22(31)20-16-19(21-14-9-15-34-21)27-29(20)18-12-7-4-8-13-18/h3-16H,2H2,1H3,(H,26,33)(H,28,31). The molecule has 4 amide bonds. The topological polar surface area (TPSA) is 96.3 Å². The molecule has 3 heterocycles. The average Bonchev–Trinajstić information content (AvgIpc) is 3.61. The normalized spacial score (nSPS) is 17.6. The van der Waals surface area contributed by atoms with Crippen LogP contribution in [0, 0.1) is 0 Å². The zero-order valence-electron chi connectivity index (χ0n) is 18.3. The van der Waals surface area contributed by atoms with E-state index in [1.807, 2.05) is 60.8 Å². The van der Waals surface area contributed by atoms with Crippen molar-refractivity contribution < 1.29 is 14.4 Å². The molecule has 2 aromatic carbocycles. The SMILES string of the molecule is CCC1(c2ccccc2)NC(=O)N(NC(=O)c2cc(-c3cccs3)nn2-c2ccccc2)C1=O. The van der Waals surface area contributed by atoms with Gasteiger partial charge in [0.1, 0.15) is 16.9 Å². The minimum absolute atomic E-state index is 0.198. The number of hydrogen-bond donors (Lipinski definition) is 2. The molecule has 0 spiro atoms. The number of urea groups is 1. The summed E-state index contributed by atoms with van der Waals surface area (Å²) in [6, 6.07) is 23.0. The molecule has 9 heteroatoms. The molecule has 1 saturated heterocycles. The molecule has 1 aliphatic rings. The predicted molar refractivity (Wildman–Crippen MR) is 128 cm³/mol. The summed E-state index contributed by atoms with van der Waals surface area (Å²) >= 11 is 1.50. The van der Waals surface area contributed by atoms with Crippen molar-refractivity contribution in [2.24, 2.45) is 0 Å². The van der Waals surface area contributed by atoms with Crippen LogP contribution in [0.5, 0.6) is 0 Å². The van der Waals surface area contributed by atoms with Gasteiger partial charge in [-0.1, -0.05) is 61.5 Å². The van der Waals surface area contributed by atoms with Gasteiger partial charge in [-0.3, -0.25) is 15.0 Å². The first-order valence-electron chi connectivity index (χ1n) is 10.8. The number of benzene rings is 2. The Bertz CT molecular complexity index is 1350. The first-order valence-corrected chi connectivity index (χ1v) is 11.6. The molecule has 2 aromatic heterocycles. The van der Waals surface area contributed by atoms with Gasteiger partial charge in [0.2, 0.25) is 0 Å². The van der Waals surface area contributed by atoms with E-state index >= 15 is 0 Å². The number of amides is 4. The third-order valence-corrected chi connectivity index (χ3v) is 6.71. The number of aromatic nitrogens is 2. The average molecular weight is 472 g/mol. The zero-order valence-corrected chi connectivity index (χ0v) is 19.1. The molecule has 4 aromatic rings. The van der Waals surface area contributed by atoms with E-state index in [1.165, 1.54) is 16.0 Å². The lowest BCUT2D eigenvalue weighted by Crippen LogP contribution is -2.48. The second-order valence-corrected chi connectivity index (χ2v) is 8.72. The first-order chi connectivity index (χ1) is 16.5. The van der Waals surface area contributed by atoms with Gasteiger partial charge < -0.3 is 5.32 Å². The predicted octanol–water partition coefficient (Wildman–Crippen LogP) is 4.10. The van der Waals surface area contributed by atoms with Crippen molar-refractivity contribution in [2.75, 3.05) is 0 Å². The van der Waals surface area contributed by atoms with Gasteiger partial charge in [-0.2, -0.15) is 10.1 Å². The highest BCUT2D eigenvalue weighted by molar-refractivity contribution is 7.13. The van der Waals surface area contributed by atoms with Gasteiger partial charge in [-0.15, -0.1) is 11.3 Å². The van der Waals surface area contributed by atoms with E-state index in [4.69, 9.17) is 0 Å². The molecule has 0 saturated carbocycles. The number of carbonyl (C=O) groups excluding carboxylic acids is 3. The molecule has 0 radical (unpaired) electrons. The van der Waals surface area contributed by atoms with Crippen LogP contribution >= 0.6 is 11.3 Å². The lowest BCUT2D eigenvalue weighted by Gasteiger charge is -2.25. The molecule has 1 unspecified atom stereocenters. The van der Waals surface area contributed by atoms with Crippen LogP contribution < -0.4 is 10.7 Å². The maximum atomic E-state index is 13.4. The third kappa shape index (κ3) is 3.56. The van der Waals surface area contributed by atoms with Gasteiger partial charge in [0.05, 0.1) is 10.6 Å². The fourth-order valence-electron chi connectivity index (χ4n) is 4.05. The lowest BCUT2D eigenvalue weighted by atomic mass is 9.87. The summed E-state index contributed by atoms with van der Waals surface area (Å²) in [6.07, 6.45) is 0.332. The summed E-state index contributed by atoms with van der Waals surface area (Å²) in [4.78, 5) is 40.5. The molecule has 34 heavy (non-hydrogen) atoms. The molecule has 1 fully saturated rings. The van der Waals surface area contributed by atoms with Crippen molar-refractivity contribution in [3.8, 4) is 16.3 Å². The second kappa shape index (κ2) is 8.60. The first kappa shape index (κ1) is 21.6. The van der Waals surface area contributed by atoms with Crippen LogP contribution in [0.15, 0.2) is 84.2 Å². The fourth-order valence-corrected chi connectivity index (χ4v) is 4.73. The van der Waals surface area contributed by atoms with Gasteiger partial charge in [-0.05, 0) is 41.6 Å². The van der Waals surface area contributed by atoms with Crippen LogP contribution in [-0.2, 0) is 10.3 Å². The number of imide groups is 1. The summed E-state index contributed by atoms with van der Waals surface area (Å²) in [7, 11) is 0.